The Morgan fingerprint density at radius 1 is 1.62 bits per heavy atom. The molecule has 1 aliphatic rings. The van der Waals surface area contributed by atoms with Crippen LogP contribution in [0.5, 0.6) is 0 Å². The van der Waals surface area contributed by atoms with Crippen molar-refractivity contribution >= 4 is 12.0 Å². The van der Waals surface area contributed by atoms with Crippen LogP contribution in [-0.4, -0.2) is 29.4 Å². The van der Waals surface area contributed by atoms with Crippen LogP contribution in [0.4, 0.5) is 0 Å². The molecule has 21 heavy (non-hydrogen) atoms. The molecular formula is C17H21N3O. The van der Waals surface area contributed by atoms with E-state index in [0.29, 0.717) is 6.54 Å². The number of hydrogen-bond acceptors (Lipinski definition) is 3. The lowest BCUT2D eigenvalue weighted by atomic mass is 10.1. The van der Waals surface area contributed by atoms with Crippen molar-refractivity contribution in [1.29, 1.82) is 5.26 Å². The van der Waals surface area contributed by atoms with Crippen LogP contribution in [0.15, 0.2) is 30.3 Å². The standard InChI is InChI=1S/C17H21N3O/c1-13-4-2-5-14(10-13)7-8-15(19)11-17(21)20-9-3-6-16(20)12-18/h2,4-5,7-8,10,15-16H,3,6,9,11,19H2,1H3/b8-7+. The van der Waals surface area contributed by atoms with Gasteiger partial charge in [0.1, 0.15) is 6.04 Å². The summed E-state index contributed by atoms with van der Waals surface area (Å²) in [7, 11) is 0. The zero-order chi connectivity index (χ0) is 15.2. The first kappa shape index (κ1) is 15.3. The van der Waals surface area contributed by atoms with Crippen molar-refractivity contribution in [2.75, 3.05) is 6.54 Å². The molecule has 0 aromatic heterocycles. The van der Waals surface area contributed by atoms with E-state index in [9.17, 15) is 4.79 Å². The topological polar surface area (TPSA) is 70.1 Å². The van der Waals surface area contributed by atoms with E-state index in [2.05, 4.69) is 12.1 Å². The number of carbonyl (C=O) groups excluding carboxylic acids is 1. The van der Waals surface area contributed by atoms with Crippen molar-refractivity contribution in [2.24, 2.45) is 5.73 Å². The highest BCUT2D eigenvalue weighted by molar-refractivity contribution is 5.78. The molecule has 4 heteroatoms. The van der Waals surface area contributed by atoms with E-state index in [1.807, 2.05) is 37.3 Å². The summed E-state index contributed by atoms with van der Waals surface area (Å²) in [5.74, 6) is -0.0274. The van der Waals surface area contributed by atoms with Crippen LogP contribution in [0.1, 0.15) is 30.4 Å². The van der Waals surface area contributed by atoms with Gasteiger partial charge >= 0.3 is 0 Å². The van der Waals surface area contributed by atoms with Crippen LogP contribution >= 0.6 is 0 Å². The summed E-state index contributed by atoms with van der Waals surface area (Å²) in [4.78, 5) is 13.8. The van der Waals surface area contributed by atoms with Gasteiger partial charge in [-0.15, -0.1) is 0 Å². The van der Waals surface area contributed by atoms with E-state index in [-0.39, 0.29) is 24.4 Å². The Morgan fingerprint density at radius 2 is 2.43 bits per heavy atom. The zero-order valence-corrected chi connectivity index (χ0v) is 12.3. The molecule has 0 aliphatic carbocycles. The summed E-state index contributed by atoms with van der Waals surface area (Å²) in [5, 5.41) is 9.01. The molecule has 4 nitrogen and oxygen atoms in total. The fourth-order valence-electron chi connectivity index (χ4n) is 2.59. The van der Waals surface area contributed by atoms with Crippen LogP contribution in [0.25, 0.3) is 6.08 Å². The average Bonchev–Trinajstić information content (AvgIpc) is 2.94. The molecule has 1 aromatic rings. The van der Waals surface area contributed by atoms with Gasteiger partial charge in [-0.2, -0.15) is 5.26 Å². The number of hydrogen-bond donors (Lipinski definition) is 1. The highest BCUT2D eigenvalue weighted by atomic mass is 16.2. The van der Waals surface area contributed by atoms with Crippen LogP contribution in [0.2, 0.25) is 0 Å². The molecular weight excluding hydrogens is 262 g/mol. The highest BCUT2D eigenvalue weighted by Crippen LogP contribution is 2.18. The molecule has 2 N–H and O–H groups in total. The van der Waals surface area contributed by atoms with Crippen molar-refractivity contribution in [3.8, 4) is 6.07 Å². The molecule has 2 atom stereocenters. The van der Waals surface area contributed by atoms with Crippen molar-refractivity contribution in [2.45, 2.75) is 38.3 Å². The predicted octanol–water partition coefficient (Wildman–Crippen LogP) is 2.24. The number of likely N-dealkylation sites (tertiary alicyclic amines) is 1. The summed E-state index contributed by atoms with van der Waals surface area (Å²) in [6, 6.07) is 9.69. The third kappa shape index (κ3) is 4.17. The number of nitriles is 1. The molecule has 1 aromatic carbocycles. The lowest BCUT2D eigenvalue weighted by molar-refractivity contribution is -0.131. The van der Waals surface area contributed by atoms with E-state index in [1.165, 1.54) is 5.56 Å². The normalized spacial score (nSPS) is 19.7. The second-order valence-electron chi connectivity index (χ2n) is 5.52. The maximum absolute atomic E-state index is 12.2. The third-order valence-electron chi connectivity index (χ3n) is 3.71. The SMILES string of the molecule is Cc1cccc(/C=C/C(N)CC(=O)N2CCCC2C#N)c1. The summed E-state index contributed by atoms with van der Waals surface area (Å²) < 4.78 is 0. The minimum absolute atomic E-state index is 0.0274. The minimum atomic E-state index is -0.321. The lowest BCUT2D eigenvalue weighted by Crippen LogP contribution is -2.37. The number of carbonyl (C=O) groups is 1. The van der Waals surface area contributed by atoms with E-state index >= 15 is 0 Å². The van der Waals surface area contributed by atoms with Gasteiger partial charge < -0.3 is 10.6 Å². The van der Waals surface area contributed by atoms with E-state index in [4.69, 9.17) is 11.0 Å². The maximum Gasteiger partial charge on any atom is 0.225 e. The van der Waals surface area contributed by atoms with E-state index in [1.54, 1.807) is 4.90 Å². The monoisotopic (exact) mass is 283 g/mol. The first-order valence-electron chi connectivity index (χ1n) is 7.29. The predicted molar refractivity (Wildman–Crippen MR) is 83.2 cm³/mol. The molecule has 2 rings (SSSR count). The van der Waals surface area contributed by atoms with Gasteiger partial charge in [0.2, 0.25) is 5.91 Å². The van der Waals surface area contributed by atoms with Crippen molar-refractivity contribution in [1.82, 2.24) is 4.90 Å². The number of rotatable bonds is 4. The third-order valence-corrected chi connectivity index (χ3v) is 3.71. The molecule has 2 unspecified atom stereocenters. The Labute approximate surface area is 125 Å². The Morgan fingerprint density at radius 3 is 3.14 bits per heavy atom. The lowest BCUT2D eigenvalue weighted by Gasteiger charge is -2.20. The maximum atomic E-state index is 12.2. The number of benzene rings is 1. The number of aryl methyl sites for hydroxylation is 1. The summed E-state index contributed by atoms with van der Waals surface area (Å²) in [6.45, 7) is 2.71. The molecule has 1 heterocycles. The van der Waals surface area contributed by atoms with Gasteiger partial charge in [0.15, 0.2) is 0 Å². The first-order valence-corrected chi connectivity index (χ1v) is 7.29. The minimum Gasteiger partial charge on any atom is -0.327 e. The summed E-state index contributed by atoms with van der Waals surface area (Å²) >= 11 is 0. The van der Waals surface area contributed by atoms with Crippen molar-refractivity contribution in [3.05, 3.63) is 41.5 Å². The molecule has 1 amide bonds. The van der Waals surface area contributed by atoms with Gasteiger partial charge in [0.25, 0.3) is 0 Å². The molecule has 1 aliphatic heterocycles. The Bertz CT molecular complexity index is 574. The van der Waals surface area contributed by atoms with Crippen molar-refractivity contribution < 1.29 is 4.79 Å². The molecule has 110 valence electrons. The van der Waals surface area contributed by atoms with E-state index < -0.39 is 0 Å². The van der Waals surface area contributed by atoms with Gasteiger partial charge in [0.05, 0.1) is 6.07 Å². The summed E-state index contributed by atoms with van der Waals surface area (Å²) in [5.41, 5.74) is 8.27. The second kappa shape index (κ2) is 7.05. The van der Waals surface area contributed by atoms with Crippen LogP contribution in [-0.2, 0) is 4.79 Å². The molecule has 0 bridgehead atoms. The van der Waals surface area contributed by atoms with Crippen LogP contribution in [0.3, 0.4) is 0 Å². The molecule has 1 fully saturated rings. The fourth-order valence-corrected chi connectivity index (χ4v) is 2.59. The van der Waals surface area contributed by atoms with Crippen LogP contribution in [0, 0.1) is 18.3 Å². The smallest absolute Gasteiger partial charge is 0.225 e. The number of nitrogens with zero attached hydrogens (tertiary/aromatic N) is 2. The van der Waals surface area contributed by atoms with Crippen molar-refractivity contribution in [3.63, 3.8) is 0 Å². The van der Waals surface area contributed by atoms with Gasteiger partial charge in [-0.05, 0) is 25.3 Å². The van der Waals surface area contributed by atoms with Gasteiger partial charge in [-0.1, -0.05) is 42.0 Å². The van der Waals surface area contributed by atoms with E-state index in [0.717, 1.165) is 18.4 Å². The fraction of sp³-hybridized carbons (Fsp3) is 0.412. The second-order valence-corrected chi connectivity index (χ2v) is 5.52. The van der Waals surface area contributed by atoms with Gasteiger partial charge in [-0.3, -0.25) is 4.79 Å². The molecule has 0 saturated carbocycles. The largest absolute Gasteiger partial charge is 0.327 e. The Balaban J connectivity index is 1.91. The Kier molecular flexibility index (Phi) is 5.13. The quantitative estimate of drug-likeness (QED) is 0.921. The molecule has 0 radical (unpaired) electrons. The average molecular weight is 283 g/mol. The zero-order valence-electron chi connectivity index (χ0n) is 12.3. The first-order chi connectivity index (χ1) is 10.1. The summed E-state index contributed by atoms with van der Waals surface area (Å²) in [6.07, 6.45) is 5.72. The molecule has 1 saturated heterocycles. The number of nitrogens with two attached hydrogens (primary N) is 1. The number of amides is 1. The van der Waals surface area contributed by atoms with Gasteiger partial charge in [0, 0.05) is 19.0 Å². The van der Waals surface area contributed by atoms with Crippen LogP contribution < -0.4 is 5.73 Å². The van der Waals surface area contributed by atoms with Gasteiger partial charge in [-0.25, -0.2) is 0 Å². The Hall–Kier alpha value is -2.12. The molecule has 0 spiro atoms. The highest BCUT2D eigenvalue weighted by Gasteiger charge is 2.28.